The van der Waals surface area contributed by atoms with Gasteiger partial charge in [-0.3, -0.25) is 0 Å². The van der Waals surface area contributed by atoms with E-state index in [0.717, 1.165) is 0 Å². The lowest BCUT2D eigenvalue weighted by molar-refractivity contribution is 0.469. The summed E-state index contributed by atoms with van der Waals surface area (Å²) in [6, 6.07) is 13.5. The number of nitrogens with two attached hydrogens (primary N) is 1. The molecule has 6 nitrogen and oxygen atoms in total. The van der Waals surface area contributed by atoms with Gasteiger partial charge >= 0.3 is 0 Å². The molecule has 0 radical (unpaired) electrons. The molecule has 0 atom stereocenters. The highest BCUT2D eigenvalue weighted by Gasteiger charge is 2.21. The minimum absolute atomic E-state index is 0.114. The summed E-state index contributed by atoms with van der Waals surface area (Å²) in [5, 5.41) is 5.28. The Morgan fingerprint density at radius 2 is 1.82 bits per heavy atom. The number of primary sulfonamides is 1. The summed E-state index contributed by atoms with van der Waals surface area (Å²) in [6.45, 7) is 0. The van der Waals surface area contributed by atoms with Crippen molar-refractivity contribution in [1.82, 2.24) is 4.98 Å². The monoisotopic (exact) mass is 316 g/mol. The van der Waals surface area contributed by atoms with Gasteiger partial charge in [0.2, 0.25) is 10.0 Å². The number of para-hydroxylation sites is 2. The summed E-state index contributed by atoms with van der Waals surface area (Å²) in [6.07, 6.45) is 2.66. The summed E-state index contributed by atoms with van der Waals surface area (Å²) in [5.41, 5.74) is 0.931. The summed E-state index contributed by atoms with van der Waals surface area (Å²) < 4.78 is 34.3. The maximum Gasteiger partial charge on any atom is 0.241 e. The molecule has 112 valence electrons. The number of sulfonamides is 1. The van der Waals surface area contributed by atoms with E-state index in [4.69, 9.17) is 14.3 Å². The zero-order chi connectivity index (χ0) is 15.6. The summed E-state index contributed by atoms with van der Waals surface area (Å²) in [5.74, 6) is 0.605. The Balaban J connectivity index is 2.20. The van der Waals surface area contributed by atoms with Crippen LogP contribution in [0.15, 0.2) is 70.5 Å². The lowest BCUT2D eigenvalue weighted by atomic mass is 10.1. The average Bonchev–Trinajstić information content (AvgIpc) is 3.01. The van der Waals surface area contributed by atoms with E-state index < -0.39 is 10.0 Å². The largest absolute Gasteiger partial charge is 0.455 e. The van der Waals surface area contributed by atoms with Crippen molar-refractivity contribution >= 4 is 10.0 Å². The minimum Gasteiger partial charge on any atom is -0.455 e. The van der Waals surface area contributed by atoms with Crippen LogP contribution in [0.25, 0.3) is 11.3 Å². The first-order chi connectivity index (χ1) is 10.6. The molecule has 1 heterocycles. The lowest BCUT2D eigenvalue weighted by Crippen LogP contribution is -2.13. The molecule has 0 aliphatic carbocycles. The van der Waals surface area contributed by atoms with Gasteiger partial charge < -0.3 is 9.15 Å². The Bertz CT molecular complexity index is 875. The quantitative estimate of drug-likeness (QED) is 0.798. The number of nitrogens with zero attached hydrogens (tertiary/aromatic N) is 1. The van der Waals surface area contributed by atoms with Crippen LogP contribution in [0.1, 0.15) is 0 Å². The van der Waals surface area contributed by atoms with Gasteiger partial charge in [0.05, 0.1) is 0 Å². The van der Waals surface area contributed by atoms with Crippen LogP contribution in [0.2, 0.25) is 0 Å². The zero-order valence-electron chi connectivity index (χ0n) is 11.3. The number of oxazole rings is 1. The van der Waals surface area contributed by atoms with E-state index >= 15 is 0 Å². The van der Waals surface area contributed by atoms with Crippen molar-refractivity contribution in [2.45, 2.75) is 4.90 Å². The van der Waals surface area contributed by atoms with Crippen LogP contribution in [-0.4, -0.2) is 13.4 Å². The molecule has 2 aromatic carbocycles. The van der Waals surface area contributed by atoms with Crippen LogP contribution in [0.3, 0.4) is 0 Å². The molecular formula is C15H12N2O4S. The third-order valence-corrected chi connectivity index (χ3v) is 3.89. The predicted molar refractivity (Wildman–Crippen MR) is 79.8 cm³/mol. The molecule has 0 unspecified atom stereocenters. The van der Waals surface area contributed by atoms with E-state index in [9.17, 15) is 8.42 Å². The molecule has 0 aliphatic heterocycles. The van der Waals surface area contributed by atoms with Crippen molar-refractivity contribution in [3.63, 3.8) is 0 Å². The first-order valence-electron chi connectivity index (χ1n) is 6.33. The van der Waals surface area contributed by atoms with Gasteiger partial charge in [-0.1, -0.05) is 24.3 Å². The first-order valence-corrected chi connectivity index (χ1v) is 7.87. The normalized spacial score (nSPS) is 11.3. The molecule has 0 aliphatic rings. The summed E-state index contributed by atoms with van der Waals surface area (Å²) >= 11 is 0. The maximum atomic E-state index is 11.8. The van der Waals surface area contributed by atoms with Gasteiger partial charge in [0.15, 0.2) is 12.1 Å². The van der Waals surface area contributed by atoms with E-state index in [1.165, 1.54) is 18.7 Å². The number of rotatable bonds is 4. The lowest BCUT2D eigenvalue weighted by Gasteiger charge is -2.13. The van der Waals surface area contributed by atoms with Crippen molar-refractivity contribution in [2.75, 3.05) is 0 Å². The molecular weight excluding hydrogens is 304 g/mol. The van der Waals surface area contributed by atoms with Gasteiger partial charge in [0, 0.05) is 5.56 Å². The van der Waals surface area contributed by atoms with Crippen LogP contribution >= 0.6 is 0 Å². The van der Waals surface area contributed by atoms with Crippen LogP contribution in [0, 0.1) is 0 Å². The van der Waals surface area contributed by atoms with E-state index in [1.54, 1.807) is 36.4 Å². The third-order valence-electron chi connectivity index (χ3n) is 2.96. The number of aromatic nitrogens is 1. The van der Waals surface area contributed by atoms with Gasteiger partial charge in [-0.05, 0) is 24.3 Å². The van der Waals surface area contributed by atoms with E-state index in [2.05, 4.69) is 4.98 Å². The van der Waals surface area contributed by atoms with Crippen LogP contribution in [-0.2, 0) is 10.0 Å². The van der Waals surface area contributed by atoms with E-state index in [0.29, 0.717) is 17.0 Å². The molecule has 0 saturated heterocycles. The standard InChI is InChI=1S/C15H12N2O4S/c16-22(18,19)14-8-4-7-12(13-9-20-10-17-13)15(14)21-11-5-2-1-3-6-11/h1-10H,(H2,16,18,19). The molecule has 0 fully saturated rings. The van der Waals surface area contributed by atoms with E-state index in [-0.39, 0.29) is 10.6 Å². The Labute approximate surface area is 127 Å². The number of benzene rings is 2. The third kappa shape index (κ3) is 2.85. The zero-order valence-corrected chi connectivity index (χ0v) is 12.2. The molecule has 0 bridgehead atoms. The number of hydrogen-bond acceptors (Lipinski definition) is 5. The Morgan fingerprint density at radius 1 is 1.05 bits per heavy atom. The number of hydrogen-bond donors (Lipinski definition) is 1. The van der Waals surface area contributed by atoms with Crippen molar-refractivity contribution in [2.24, 2.45) is 5.14 Å². The molecule has 7 heteroatoms. The summed E-state index contributed by atoms with van der Waals surface area (Å²) in [7, 11) is -3.95. The minimum atomic E-state index is -3.95. The SMILES string of the molecule is NS(=O)(=O)c1cccc(-c2cocn2)c1Oc1ccccc1. The smallest absolute Gasteiger partial charge is 0.241 e. The summed E-state index contributed by atoms with van der Waals surface area (Å²) in [4.78, 5) is 3.92. The molecule has 0 saturated carbocycles. The first kappa shape index (κ1) is 14.3. The fourth-order valence-electron chi connectivity index (χ4n) is 2.00. The Morgan fingerprint density at radius 3 is 2.45 bits per heavy atom. The van der Waals surface area contributed by atoms with Gasteiger partial charge in [-0.15, -0.1) is 0 Å². The van der Waals surface area contributed by atoms with Gasteiger partial charge in [0.1, 0.15) is 22.6 Å². The van der Waals surface area contributed by atoms with Gasteiger partial charge in [-0.25, -0.2) is 18.5 Å². The van der Waals surface area contributed by atoms with E-state index in [1.807, 2.05) is 6.07 Å². The predicted octanol–water partition coefficient (Wildman–Crippen LogP) is 2.78. The van der Waals surface area contributed by atoms with Crippen LogP contribution in [0.5, 0.6) is 11.5 Å². The Kier molecular flexibility index (Phi) is 3.66. The molecule has 22 heavy (non-hydrogen) atoms. The second kappa shape index (κ2) is 5.63. The second-order valence-corrected chi connectivity index (χ2v) is 6.00. The van der Waals surface area contributed by atoms with Gasteiger partial charge in [0.25, 0.3) is 0 Å². The molecule has 3 aromatic rings. The second-order valence-electron chi connectivity index (χ2n) is 4.47. The van der Waals surface area contributed by atoms with Crippen molar-refractivity contribution in [3.05, 3.63) is 61.2 Å². The highest BCUT2D eigenvalue weighted by atomic mass is 32.2. The van der Waals surface area contributed by atoms with Crippen molar-refractivity contribution < 1.29 is 17.6 Å². The molecule has 0 amide bonds. The topological polar surface area (TPSA) is 95.4 Å². The molecule has 3 rings (SSSR count). The van der Waals surface area contributed by atoms with Crippen LogP contribution in [0.4, 0.5) is 0 Å². The fourth-order valence-corrected chi connectivity index (χ4v) is 2.68. The Hall–Kier alpha value is -2.64. The molecule has 1 aromatic heterocycles. The molecule has 2 N–H and O–H groups in total. The number of ether oxygens (including phenoxy) is 1. The van der Waals surface area contributed by atoms with Gasteiger partial charge in [-0.2, -0.15) is 0 Å². The van der Waals surface area contributed by atoms with Crippen molar-refractivity contribution in [3.8, 4) is 22.8 Å². The highest BCUT2D eigenvalue weighted by molar-refractivity contribution is 7.89. The van der Waals surface area contributed by atoms with Crippen LogP contribution < -0.4 is 9.88 Å². The average molecular weight is 316 g/mol. The van der Waals surface area contributed by atoms with Crippen molar-refractivity contribution in [1.29, 1.82) is 0 Å². The molecule has 0 spiro atoms. The fraction of sp³-hybridized carbons (Fsp3) is 0. The highest BCUT2D eigenvalue weighted by Crippen LogP contribution is 2.37. The maximum absolute atomic E-state index is 11.8.